The predicted octanol–water partition coefficient (Wildman–Crippen LogP) is 1.64. The van der Waals surface area contributed by atoms with Crippen molar-refractivity contribution in [3.05, 3.63) is 23.8 Å². The van der Waals surface area contributed by atoms with Gasteiger partial charge in [0.1, 0.15) is 6.04 Å². The normalized spacial score (nSPS) is 25.9. The highest BCUT2D eigenvalue weighted by Gasteiger charge is 2.30. The van der Waals surface area contributed by atoms with E-state index in [-0.39, 0.29) is 5.37 Å². The minimum absolute atomic E-state index is 0.00162. The Hall–Kier alpha value is -1.40. The van der Waals surface area contributed by atoms with E-state index in [0.717, 1.165) is 23.5 Å². The van der Waals surface area contributed by atoms with Crippen molar-refractivity contribution >= 4 is 17.7 Å². The molecule has 5 nitrogen and oxygen atoms in total. The van der Waals surface area contributed by atoms with Crippen LogP contribution in [0.3, 0.4) is 0 Å². The van der Waals surface area contributed by atoms with Crippen molar-refractivity contribution in [1.82, 2.24) is 5.32 Å². The predicted molar refractivity (Wildman–Crippen MR) is 71.8 cm³/mol. The van der Waals surface area contributed by atoms with E-state index < -0.39 is 12.0 Å². The molecule has 2 N–H and O–H groups in total. The quantitative estimate of drug-likeness (QED) is 0.859. The minimum Gasteiger partial charge on any atom is -0.490 e. The zero-order valence-electron chi connectivity index (χ0n) is 10.3. The number of thioether (sulfide) groups is 1. The van der Waals surface area contributed by atoms with Gasteiger partial charge in [-0.3, -0.25) is 10.1 Å². The van der Waals surface area contributed by atoms with Gasteiger partial charge >= 0.3 is 5.97 Å². The molecular formula is C13H15NO4S. The molecule has 0 aliphatic carbocycles. The fraction of sp³-hybridized carbons (Fsp3) is 0.462. The van der Waals surface area contributed by atoms with Crippen LogP contribution in [0.25, 0.3) is 0 Å². The number of carboxylic acid groups (broad SMARTS) is 1. The van der Waals surface area contributed by atoms with E-state index in [1.54, 1.807) is 11.8 Å². The fourth-order valence-electron chi connectivity index (χ4n) is 2.15. The van der Waals surface area contributed by atoms with Crippen LogP contribution in [0.15, 0.2) is 18.2 Å². The molecule has 2 heterocycles. The molecule has 6 heteroatoms. The van der Waals surface area contributed by atoms with Crippen molar-refractivity contribution in [3.8, 4) is 11.5 Å². The molecule has 3 rings (SSSR count). The summed E-state index contributed by atoms with van der Waals surface area (Å²) in [6.45, 7) is 1.32. The van der Waals surface area contributed by atoms with Crippen molar-refractivity contribution in [1.29, 1.82) is 0 Å². The van der Waals surface area contributed by atoms with Crippen LogP contribution in [0.5, 0.6) is 11.5 Å². The van der Waals surface area contributed by atoms with Gasteiger partial charge in [-0.1, -0.05) is 6.07 Å². The maximum atomic E-state index is 10.9. The number of hydrogen-bond acceptors (Lipinski definition) is 5. The Labute approximate surface area is 115 Å². The van der Waals surface area contributed by atoms with Gasteiger partial charge in [0, 0.05) is 12.2 Å². The summed E-state index contributed by atoms with van der Waals surface area (Å²) in [5, 5.41) is 12.1. The van der Waals surface area contributed by atoms with Crippen LogP contribution in [0.2, 0.25) is 0 Å². The third kappa shape index (κ3) is 2.64. The molecule has 1 fully saturated rings. The van der Waals surface area contributed by atoms with Gasteiger partial charge in [-0.15, -0.1) is 11.8 Å². The molecule has 0 amide bonds. The summed E-state index contributed by atoms with van der Waals surface area (Å²) in [7, 11) is 0. The van der Waals surface area contributed by atoms with Crippen LogP contribution in [0, 0.1) is 0 Å². The van der Waals surface area contributed by atoms with Gasteiger partial charge in [0.05, 0.1) is 18.6 Å². The van der Waals surface area contributed by atoms with Gasteiger partial charge in [-0.25, -0.2) is 0 Å². The third-order valence-electron chi connectivity index (χ3n) is 3.15. The Balaban J connectivity index is 1.79. The smallest absolute Gasteiger partial charge is 0.321 e. The molecule has 2 aliphatic rings. The average Bonchev–Trinajstić information content (AvgIpc) is 2.78. The second-order valence-electron chi connectivity index (χ2n) is 4.53. The summed E-state index contributed by atoms with van der Waals surface area (Å²) in [6, 6.07) is 5.32. The van der Waals surface area contributed by atoms with Crippen molar-refractivity contribution < 1.29 is 19.4 Å². The van der Waals surface area contributed by atoms with Gasteiger partial charge < -0.3 is 14.6 Å². The summed E-state index contributed by atoms with van der Waals surface area (Å²) in [4.78, 5) is 10.9. The van der Waals surface area contributed by atoms with Crippen molar-refractivity contribution in [3.63, 3.8) is 0 Å². The lowest BCUT2D eigenvalue weighted by molar-refractivity contribution is -0.138. The summed E-state index contributed by atoms with van der Waals surface area (Å²) in [5.41, 5.74) is 1.03. The Morgan fingerprint density at radius 2 is 2.11 bits per heavy atom. The van der Waals surface area contributed by atoms with Crippen molar-refractivity contribution in [2.45, 2.75) is 17.8 Å². The molecule has 19 heavy (non-hydrogen) atoms. The first-order valence-electron chi connectivity index (χ1n) is 6.24. The second-order valence-corrected chi connectivity index (χ2v) is 5.67. The first-order chi connectivity index (χ1) is 9.24. The highest BCUT2D eigenvalue weighted by Crippen LogP contribution is 2.38. The highest BCUT2D eigenvalue weighted by atomic mass is 32.2. The lowest BCUT2D eigenvalue weighted by atomic mass is 10.2. The standard InChI is InChI=1S/C13H15NO4S/c15-13(16)9-7-19-12(14-9)8-2-3-10-11(6-8)18-5-1-4-17-10/h2-3,6,9,12,14H,1,4-5,7H2,(H,15,16). The molecule has 2 atom stereocenters. The number of carboxylic acids is 1. The monoisotopic (exact) mass is 281 g/mol. The number of nitrogens with one attached hydrogen (secondary N) is 1. The number of aliphatic carboxylic acids is 1. The van der Waals surface area contributed by atoms with Crippen LogP contribution in [0.1, 0.15) is 17.4 Å². The van der Waals surface area contributed by atoms with Gasteiger partial charge in [-0.05, 0) is 17.7 Å². The molecular weight excluding hydrogens is 266 g/mol. The number of hydrogen-bond donors (Lipinski definition) is 2. The van der Waals surface area contributed by atoms with E-state index in [2.05, 4.69) is 5.32 Å². The number of benzene rings is 1. The Kier molecular flexibility index (Phi) is 3.52. The molecule has 2 aliphatic heterocycles. The van der Waals surface area contributed by atoms with Gasteiger partial charge in [0.15, 0.2) is 11.5 Å². The molecule has 0 saturated carbocycles. The van der Waals surface area contributed by atoms with E-state index in [0.29, 0.717) is 19.0 Å². The summed E-state index contributed by atoms with van der Waals surface area (Å²) < 4.78 is 11.2. The number of fused-ring (bicyclic) bond motifs is 1. The Morgan fingerprint density at radius 1 is 1.32 bits per heavy atom. The lowest BCUT2D eigenvalue weighted by Crippen LogP contribution is -2.33. The van der Waals surface area contributed by atoms with Gasteiger partial charge in [0.25, 0.3) is 0 Å². The number of carbonyl (C=O) groups is 1. The van der Waals surface area contributed by atoms with E-state index >= 15 is 0 Å². The Bertz CT molecular complexity index is 494. The van der Waals surface area contributed by atoms with Crippen LogP contribution in [0.4, 0.5) is 0 Å². The molecule has 1 aromatic rings. The third-order valence-corrected chi connectivity index (χ3v) is 4.42. The topological polar surface area (TPSA) is 67.8 Å². The zero-order valence-corrected chi connectivity index (χ0v) is 11.1. The van der Waals surface area contributed by atoms with Crippen LogP contribution in [-0.2, 0) is 4.79 Å². The van der Waals surface area contributed by atoms with Gasteiger partial charge in [-0.2, -0.15) is 0 Å². The van der Waals surface area contributed by atoms with Gasteiger partial charge in [0.2, 0.25) is 0 Å². The zero-order chi connectivity index (χ0) is 13.2. The molecule has 1 aromatic carbocycles. The van der Waals surface area contributed by atoms with E-state index in [9.17, 15) is 4.79 Å². The SMILES string of the molecule is O=C(O)C1CSC(c2ccc3c(c2)OCCCO3)N1. The molecule has 1 saturated heterocycles. The lowest BCUT2D eigenvalue weighted by Gasteiger charge is -2.14. The van der Waals surface area contributed by atoms with Crippen molar-refractivity contribution in [2.24, 2.45) is 0 Å². The van der Waals surface area contributed by atoms with E-state index in [4.69, 9.17) is 14.6 Å². The maximum absolute atomic E-state index is 10.9. The molecule has 0 spiro atoms. The molecule has 2 unspecified atom stereocenters. The molecule has 0 radical (unpaired) electrons. The Morgan fingerprint density at radius 3 is 2.84 bits per heavy atom. The van der Waals surface area contributed by atoms with Crippen LogP contribution in [-0.4, -0.2) is 36.1 Å². The van der Waals surface area contributed by atoms with E-state index in [1.807, 2.05) is 18.2 Å². The van der Waals surface area contributed by atoms with E-state index in [1.165, 1.54) is 0 Å². The summed E-state index contributed by atoms with van der Waals surface area (Å²) in [5.74, 6) is 1.29. The summed E-state index contributed by atoms with van der Waals surface area (Å²) in [6.07, 6.45) is 0.877. The van der Waals surface area contributed by atoms with Crippen LogP contribution < -0.4 is 14.8 Å². The summed E-state index contributed by atoms with van der Waals surface area (Å²) >= 11 is 1.60. The average molecular weight is 281 g/mol. The van der Waals surface area contributed by atoms with Crippen molar-refractivity contribution in [2.75, 3.05) is 19.0 Å². The highest BCUT2D eigenvalue weighted by molar-refractivity contribution is 7.99. The minimum atomic E-state index is -0.802. The largest absolute Gasteiger partial charge is 0.490 e. The first kappa shape index (κ1) is 12.6. The fourth-order valence-corrected chi connectivity index (χ4v) is 3.37. The second kappa shape index (κ2) is 5.30. The number of rotatable bonds is 2. The number of ether oxygens (including phenoxy) is 2. The molecule has 0 aromatic heterocycles. The molecule has 0 bridgehead atoms. The first-order valence-corrected chi connectivity index (χ1v) is 7.29. The van der Waals surface area contributed by atoms with Crippen LogP contribution >= 0.6 is 11.8 Å². The molecule has 102 valence electrons. The maximum Gasteiger partial charge on any atom is 0.321 e.